The number of thiazole rings is 1. The van der Waals surface area contributed by atoms with Crippen molar-refractivity contribution in [1.29, 1.82) is 0 Å². The highest BCUT2D eigenvalue weighted by atomic mass is 32.1. The number of rotatable bonds is 4. The predicted octanol–water partition coefficient (Wildman–Crippen LogP) is 4.03. The highest BCUT2D eigenvalue weighted by Crippen LogP contribution is 2.35. The van der Waals surface area contributed by atoms with Gasteiger partial charge in [0, 0.05) is 19.2 Å². The Labute approximate surface area is 132 Å². The SMILES string of the molecule is C=C(c1sc(=S)n(CC)c1O)N(C(C)=O)c1ccccc1. The number of anilines is 1. The minimum absolute atomic E-state index is 0.0553. The maximum absolute atomic E-state index is 12.0. The van der Waals surface area contributed by atoms with Gasteiger partial charge in [0.05, 0.1) is 5.70 Å². The van der Waals surface area contributed by atoms with Crippen molar-refractivity contribution in [2.45, 2.75) is 20.4 Å². The lowest BCUT2D eigenvalue weighted by atomic mass is 10.2. The van der Waals surface area contributed by atoms with Gasteiger partial charge in [0.2, 0.25) is 11.8 Å². The number of aromatic hydroxyl groups is 1. The topological polar surface area (TPSA) is 45.5 Å². The van der Waals surface area contributed by atoms with Gasteiger partial charge in [-0.2, -0.15) is 0 Å². The van der Waals surface area contributed by atoms with Crippen LogP contribution in [0.4, 0.5) is 5.69 Å². The summed E-state index contributed by atoms with van der Waals surface area (Å²) in [7, 11) is 0. The molecule has 0 aliphatic rings. The molecule has 0 unspecified atom stereocenters. The number of aromatic nitrogens is 1. The van der Waals surface area contributed by atoms with Gasteiger partial charge < -0.3 is 5.11 Å². The maximum atomic E-state index is 12.0. The number of carbonyl (C=O) groups excluding carboxylic acids is 1. The van der Waals surface area contributed by atoms with Gasteiger partial charge in [0.1, 0.15) is 4.88 Å². The van der Waals surface area contributed by atoms with E-state index < -0.39 is 0 Å². The van der Waals surface area contributed by atoms with Crippen molar-refractivity contribution in [1.82, 2.24) is 4.57 Å². The van der Waals surface area contributed by atoms with Crippen LogP contribution < -0.4 is 4.90 Å². The number of hydrogen-bond donors (Lipinski definition) is 1. The Morgan fingerprint density at radius 1 is 1.43 bits per heavy atom. The molecule has 110 valence electrons. The number of amides is 1. The molecule has 1 N–H and O–H groups in total. The van der Waals surface area contributed by atoms with Crippen molar-refractivity contribution in [3.8, 4) is 5.88 Å². The second-order valence-electron chi connectivity index (χ2n) is 4.40. The molecular formula is C15H16N2O2S2. The van der Waals surface area contributed by atoms with Crippen molar-refractivity contribution in [3.05, 3.63) is 45.7 Å². The van der Waals surface area contributed by atoms with E-state index in [4.69, 9.17) is 12.2 Å². The highest BCUT2D eigenvalue weighted by Gasteiger charge is 2.22. The van der Waals surface area contributed by atoms with Crippen molar-refractivity contribution in [2.24, 2.45) is 0 Å². The molecule has 0 atom stereocenters. The van der Waals surface area contributed by atoms with Crippen LogP contribution in [0.1, 0.15) is 18.7 Å². The van der Waals surface area contributed by atoms with Crippen molar-refractivity contribution < 1.29 is 9.90 Å². The molecule has 1 heterocycles. The van der Waals surface area contributed by atoms with E-state index in [1.54, 1.807) is 4.57 Å². The third-order valence-corrected chi connectivity index (χ3v) is 4.53. The molecule has 4 nitrogen and oxygen atoms in total. The minimum atomic E-state index is -0.173. The molecule has 0 saturated heterocycles. The maximum Gasteiger partial charge on any atom is 0.228 e. The Hall–Kier alpha value is -1.92. The highest BCUT2D eigenvalue weighted by molar-refractivity contribution is 7.73. The van der Waals surface area contributed by atoms with Gasteiger partial charge in [0.25, 0.3) is 0 Å². The Morgan fingerprint density at radius 2 is 2.05 bits per heavy atom. The van der Waals surface area contributed by atoms with E-state index in [0.29, 0.717) is 26.8 Å². The average molecular weight is 320 g/mol. The molecular weight excluding hydrogens is 304 g/mol. The van der Waals surface area contributed by atoms with Crippen molar-refractivity contribution in [3.63, 3.8) is 0 Å². The van der Waals surface area contributed by atoms with E-state index in [0.717, 1.165) is 0 Å². The molecule has 1 aromatic heterocycles. The van der Waals surface area contributed by atoms with E-state index >= 15 is 0 Å². The fourth-order valence-electron chi connectivity index (χ4n) is 2.07. The Morgan fingerprint density at radius 3 is 2.52 bits per heavy atom. The Kier molecular flexibility index (Phi) is 4.59. The van der Waals surface area contributed by atoms with Crippen LogP contribution in [-0.4, -0.2) is 15.6 Å². The summed E-state index contributed by atoms with van der Waals surface area (Å²) < 4.78 is 2.17. The molecule has 0 spiro atoms. The summed E-state index contributed by atoms with van der Waals surface area (Å²) in [4.78, 5) is 14.0. The van der Waals surface area contributed by atoms with Gasteiger partial charge >= 0.3 is 0 Å². The Bertz CT molecular complexity index is 732. The molecule has 0 aliphatic heterocycles. The van der Waals surface area contributed by atoms with Crippen LogP contribution in [-0.2, 0) is 11.3 Å². The monoisotopic (exact) mass is 320 g/mol. The second kappa shape index (κ2) is 6.24. The zero-order chi connectivity index (χ0) is 15.6. The second-order valence-corrected chi connectivity index (χ2v) is 6.05. The van der Waals surface area contributed by atoms with Gasteiger partial charge in [-0.25, -0.2) is 0 Å². The molecule has 1 aromatic carbocycles. The zero-order valence-corrected chi connectivity index (χ0v) is 13.5. The number of benzene rings is 1. The molecule has 0 bridgehead atoms. The van der Waals surface area contributed by atoms with E-state index in [1.807, 2.05) is 37.3 Å². The lowest BCUT2D eigenvalue weighted by Crippen LogP contribution is -2.25. The molecule has 0 saturated carbocycles. The lowest BCUT2D eigenvalue weighted by Gasteiger charge is -2.22. The van der Waals surface area contributed by atoms with Crippen molar-refractivity contribution in [2.75, 3.05) is 4.90 Å². The first-order valence-electron chi connectivity index (χ1n) is 6.45. The van der Waals surface area contributed by atoms with E-state index in [-0.39, 0.29) is 11.8 Å². The van der Waals surface area contributed by atoms with Crippen LogP contribution in [0.5, 0.6) is 5.88 Å². The molecule has 0 aliphatic carbocycles. The van der Waals surface area contributed by atoms with Crippen LogP contribution >= 0.6 is 23.6 Å². The molecule has 2 aromatic rings. The standard InChI is InChI=1S/C15H16N2O2S2/c1-4-16-14(19)13(21-15(16)20)10(2)17(11(3)18)12-8-6-5-7-9-12/h5-9,19H,2,4H2,1,3H3. The summed E-state index contributed by atoms with van der Waals surface area (Å²) in [6.07, 6.45) is 0. The van der Waals surface area contributed by atoms with Gasteiger partial charge in [-0.15, -0.1) is 0 Å². The number of carbonyl (C=O) groups is 1. The molecule has 2 rings (SSSR count). The normalized spacial score (nSPS) is 10.4. The van der Waals surface area contributed by atoms with E-state index in [2.05, 4.69) is 6.58 Å². The minimum Gasteiger partial charge on any atom is -0.493 e. The molecule has 1 amide bonds. The first-order valence-corrected chi connectivity index (χ1v) is 7.67. The summed E-state index contributed by atoms with van der Waals surface area (Å²) in [5.41, 5.74) is 1.13. The predicted molar refractivity (Wildman–Crippen MR) is 89.1 cm³/mol. The first-order chi connectivity index (χ1) is 9.97. The summed E-state index contributed by atoms with van der Waals surface area (Å²) in [6, 6.07) is 9.20. The van der Waals surface area contributed by atoms with Gasteiger partial charge in [-0.3, -0.25) is 14.3 Å². The molecule has 21 heavy (non-hydrogen) atoms. The number of para-hydroxylation sites is 1. The van der Waals surface area contributed by atoms with Crippen LogP contribution in [0.15, 0.2) is 36.9 Å². The fraction of sp³-hybridized carbons (Fsp3) is 0.200. The fourth-order valence-corrected chi connectivity index (χ4v) is 3.45. The summed E-state index contributed by atoms with van der Waals surface area (Å²) >= 11 is 6.47. The van der Waals surface area contributed by atoms with E-state index in [9.17, 15) is 9.90 Å². The zero-order valence-electron chi connectivity index (χ0n) is 11.9. The van der Waals surface area contributed by atoms with E-state index in [1.165, 1.54) is 23.2 Å². The lowest BCUT2D eigenvalue weighted by molar-refractivity contribution is -0.115. The molecule has 0 radical (unpaired) electrons. The van der Waals surface area contributed by atoms with Crippen LogP contribution in [0.3, 0.4) is 0 Å². The summed E-state index contributed by atoms with van der Waals surface area (Å²) in [5.74, 6) is -0.118. The van der Waals surface area contributed by atoms with Crippen LogP contribution in [0, 0.1) is 3.95 Å². The van der Waals surface area contributed by atoms with Gasteiger partial charge in [-0.1, -0.05) is 36.1 Å². The summed E-state index contributed by atoms with van der Waals surface area (Å²) in [5, 5.41) is 10.3. The third kappa shape index (κ3) is 2.91. The number of hydrogen-bond acceptors (Lipinski definition) is 4. The number of nitrogens with zero attached hydrogens (tertiary/aromatic N) is 2. The van der Waals surface area contributed by atoms with Crippen LogP contribution in [0.2, 0.25) is 0 Å². The molecule has 0 fully saturated rings. The van der Waals surface area contributed by atoms with Gasteiger partial charge in [0.15, 0.2) is 3.95 Å². The smallest absolute Gasteiger partial charge is 0.228 e. The molecule has 6 heteroatoms. The summed E-state index contributed by atoms with van der Waals surface area (Å²) in [6.45, 7) is 7.90. The van der Waals surface area contributed by atoms with Gasteiger partial charge in [-0.05, 0) is 31.3 Å². The van der Waals surface area contributed by atoms with Crippen LogP contribution in [0.25, 0.3) is 5.70 Å². The largest absolute Gasteiger partial charge is 0.493 e. The Balaban J connectivity index is 2.50. The quantitative estimate of drug-likeness (QED) is 0.865. The van der Waals surface area contributed by atoms with Crippen molar-refractivity contribution >= 4 is 40.8 Å². The average Bonchev–Trinajstić information content (AvgIpc) is 2.74. The first kappa shape index (κ1) is 15.5. The third-order valence-electron chi connectivity index (χ3n) is 3.05.